The highest BCUT2D eigenvalue weighted by atomic mass is 35.5. The monoisotopic (exact) mass is 248 g/mol. The quantitative estimate of drug-likeness (QED) is 0.901. The number of nitrogens with one attached hydrogen (secondary N) is 1. The lowest BCUT2D eigenvalue weighted by atomic mass is 10.2. The fraction of sp³-hybridized carbons (Fsp3) is 0.154. The molecule has 0 aliphatic rings. The van der Waals surface area contributed by atoms with Crippen molar-refractivity contribution in [3.63, 3.8) is 0 Å². The third-order valence-electron chi connectivity index (χ3n) is 2.37. The van der Waals surface area contributed by atoms with Crippen LogP contribution in [-0.2, 0) is 6.54 Å². The van der Waals surface area contributed by atoms with Gasteiger partial charge < -0.3 is 10.1 Å². The Hall–Kier alpha value is -1.74. The lowest BCUT2D eigenvalue weighted by molar-refractivity contribution is 0.415. The zero-order valence-electron chi connectivity index (χ0n) is 9.48. The van der Waals surface area contributed by atoms with Crippen molar-refractivity contribution in [3.05, 3.63) is 53.3 Å². The zero-order chi connectivity index (χ0) is 12.1. The topological polar surface area (TPSA) is 34.1 Å². The first-order valence-electron chi connectivity index (χ1n) is 5.26. The number of aromatic nitrogens is 1. The molecule has 0 spiro atoms. The maximum Gasteiger partial charge on any atom is 0.137 e. The maximum atomic E-state index is 6.03. The van der Waals surface area contributed by atoms with E-state index in [1.807, 2.05) is 36.5 Å². The number of nitrogens with zero attached hydrogens (tertiary/aromatic N) is 1. The summed E-state index contributed by atoms with van der Waals surface area (Å²) in [5, 5.41) is 3.87. The third kappa shape index (κ3) is 3.11. The van der Waals surface area contributed by atoms with Crippen LogP contribution in [0.4, 0.5) is 5.69 Å². The van der Waals surface area contributed by atoms with Gasteiger partial charge in [-0.25, -0.2) is 0 Å². The largest absolute Gasteiger partial charge is 0.495 e. The highest BCUT2D eigenvalue weighted by Crippen LogP contribution is 2.27. The Morgan fingerprint density at radius 1 is 1.35 bits per heavy atom. The van der Waals surface area contributed by atoms with Gasteiger partial charge >= 0.3 is 0 Å². The zero-order valence-corrected chi connectivity index (χ0v) is 10.2. The molecule has 0 unspecified atom stereocenters. The number of methoxy groups -OCH3 is 1. The Balaban J connectivity index is 2.02. The smallest absolute Gasteiger partial charge is 0.137 e. The molecule has 1 aromatic heterocycles. The molecule has 0 atom stereocenters. The summed E-state index contributed by atoms with van der Waals surface area (Å²) in [7, 11) is 1.60. The molecule has 0 aliphatic heterocycles. The summed E-state index contributed by atoms with van der Waals surface area (Å²) in [6.07, 6.45) is 3.59. The van der Waals surface area contributed by atoms with Gasteiger partial charge in [0.25, 0.3) is 0 Å². The van der Waals surface area contributed by atoms with Crippen molar-refractivity contribution in [3.8, 4) is 5.75 Å². The summed E-state index contributed by atoms with van der Waals surface area (Å²) in [6.45, 7) is 0.719. The Labute approximate surface area is 105 Å². The van der Waals surface area contributed by atoms with Crippen molar-refractivity contribution in [1.29, 1.82) is 0 Å². The predicted octanol–water partition coefficient (Wildman–Crippen LogP) is 3.36. The van der Waals surface area contributed by atoms with Crippen molar-refractivity contribution in [2.45, 2.75) is 6.54 Å². The number of hydrogen-bond donors (Lipinski definition) is 1. The Morgan fingerprint density at radius 3 is 2.88 bits per heavy atom. The molecule has 0 aliphatic carbocycles. The van der Waals surface area contributed by atoms with E-state index in [0.29, 0.717) is 10.8 Å². The molecule has 3 nitrogen and oxygen atoms in total. The number of rotatable bonds is 4. The van der Waals surface area contributed by atoms with E-state index in [1.54, 1.807) is 13.3 Å². The van der Waals surface area contributed by atoms with Crippen LogP contribution in [0.2, 0.25) is 5.02 Å². The van der Waals surface area contributed by atoms with Gasteiger partial charge in [-0.15, -0.1) is 0 Å². The van der Waals surface area contributed by atoms with E-state index in [1.165, 1.54) is 0 Å². The average molecular weight is 249 g/mol. The number of pyridine rings is 1. The minimum absolute atomic E-state index is 0.601. The molecule has 0 bridgehead atoms. The molecule has 0 fully saturated rings. The molecule has 1 N–H and O–H groups in total. The molecular formula is C13H13ClN2O. The fourth-order valence-electron chi connectivity index (χ4n) is 1.48. The van der Waals surface area contributed by atoms with Crippen LogP contribution in [-0.4, -0.2) is 12.1 Å². The van der Waals surface area contributed by atoms with Gasteiger partial charge in [-0.05, 0) is 29.8 Å². The second-order valence-electron chi connectivity index (χ2n) is 3.56. The SMILES string of the molecule is COc1ccc(NCc2cccnc2)cc1Cl. The highest BCUT2D eigenvalue weighted by Gasteiger charge is 2.01. The Morgan fingerprint density at radius 2 is 2.24 bits per heavy atom. The summed E-state index contributed by atoms with van der Waals surface area (Å²) < 4.78 is 5.09. The van der Waals surface area contributed by atoms with Gasteiger partial charge in [0.2, 0.25) is 0 Å². The summed E-state index contributed by atoms with van der Waals surface area (Å²) in [6, 6.07) is 9.55. The summed E-state index contributed by atoms with van der Waals surface area (Å²) in [4.78, 5) is 4.06. The molecule has 1 aromatic carbocycles. The number of ether oxygens (including phenoxy) is 1. The molecule has 4 heteroatoms. The minimum atomic E-state index is 0.601. The number of hydrogen-bond acceptors (Lipinski definition) is 3. The van der Waals surface area contributed by atoms with E-state index in [9.17, 15) is 0 Å². The van der Waals surface area contributed by atoms with Gasteiger partial charge in [0.15, 0.2) is 0 Å². The third-order valence-corrected chi connectivity index (χ3v) is 2.67. The van der Waals surface area contributed by atoms with Gasteiger partial charge in [0.05, 0.1) is 12.1 Å². The van der Waals surface area contributed by atoms with Crippen LogP contribution in [0.15, 0.2) is 42.7 Å². The van der Waals surface area contributed by atoms with Crippen LogP contribution in [0.1, 0.15) is 5.56 Å². The normalized spacial score (nSPS) is 10.0. The lowest BCUT2D eigenvalue weighted by Gasteiger charge is -2.08. The van der Waals surface area contributed by atoms with Gasteiger partial charge in [0.1, 0.15) is 5.75 Å². The molecule has 0 amide bonds. The van der Waals surface area contributed by atoms with E-state index >= 15 is 0 Å². The van der Waals surface area contributed by atoms with Crippen molar-refractivity contribution >= 4 is 17.3 Å². The van der Waals surface area contributed by atoms with Crippen molar-refractivity contribution in [1.82, 2.24) is 4.98 Å². The number of anilines is 1. The van der Waals surface area contributed by atoms with E-state index in [-0.39, 0.29) is 0 Å². The summed E-state index contributed by atoms with van der Waals surface area (Å²) >= 11 is 6.03. The first kappa shape index (κ1) is 11.7. The fourth-order valence-corrected chi connectivity index (χ4v) is 1.74. The average Bonchev–Trinajstić information content (AvgIpc) is 2.38. The summed E-state index contributed by atoms with van der Waals surface area (Å²) in [5.41, 5.74) is 2.08. The molecule has 0 radical (unpaired) electrons. The van der Waals surface area contributed by atoms with Crippen LogP contribution in [0.5, 0.6) is 5.75 Å². The van der Waals surface area contributed by atoms with Crippen LogP contribution in [0.3, 0.4) is 0 Å². The molecule has 1 heterocycles. The maximum absolute atomic E-state index is 6.03. The van der Waals surface area contributed by atoms with Crippen molar-refractivity contribution < 1.29 is 4.74 Å². The number of halogens is 1. The molecule has 88 valence electrons. The van der Waals surface area contributed by atoms with Crippen LogP contribution in [0, 0.1) is 0 Å². The molecule has 0 saturated heterocycles. The summed E-state index contributed by atoms with van der Waals surface area (Å²) in [5.74, 6) is 0.679. The molecular weight excluding hydrogens is 236 g/mol. The van der Waals surface area contributed by atoms with Gasteiger partial charge in [0, 0.05) is 24.6 Å². The highest BCUT2D eigenvalue weighted by molar-refractivity contribution is 6.32. The molecule has 2 rings (SSSR count). The second kappa shape index (κ2) is 5.55. The van der Waals surface area contributed by atoms with Gasteiger partial charge in [-0.3, -0.25) is 4.98 Å². The number of benzene rings is 1. The first-order valence-corrected chi connectivity index (χ1v) is 5.63. The van der Waals surface area contributed by atoms with Gasteiger partial charge in [-0.1, -0.05) is 17.7 Å². The van der Waals surface area contributed by atoms with Crippen LogP contribution in [0.25, 0.3) is 0 Å². The van der Waals surface area contributed by atoms with E-state index in [0.717, 1.165) is 17.8 Å². The standard InChI is InChI=1S/C13H13ClN2O/c1-17-13-5-4-11(7-12(13)14)16-9-10-3-2-6-15-8-10/h2-8,16H,9H2,1H3. The van der Waals surface area contributed by atoms with E-state index in [4.69, 9.17) is 16.3 Å². The van der Waals surface area contributed by atoms with Crippen molar-refractivity contribution in [2.24, 2.45) is 0 Å². The molecule has 0 saturated carbocycles. The molecule has 17 heavy (non-hydrogen) atoms. The minimum Gasteiger partial charge on any atom is -0.495 e. The Kier molecular flexibility index (Phi) is 3.83. The van der Waals surface area contributed by atoms with Crippen molar-refractivity contribution in [2.75, 3.05) is 12.4 Å². The predicted molar refractivity (Wildman–Crippen MR) is 69.6 cm³/mol. The van der Waals surface area contributed by atoms with E-state index < -0.39 is 0 Å². The first-order chi connectivity index (χ1) is 8.29. The van der Waals surface area contributed by atoms with E-state index in [2.05, 4.69) is 10.3 Å². The second-order valence-corrected chi connectivity index (χ2v) is 3.97. The Bertz CT molecular complexity index is 488. The lowest BCUT2D eigenvalue weighted by Crippen LogP contribution is -1.99. The van der Waals surface area contributed by atoms with Crippen LogP contribution < -0.4 is 10.1 Å². The molecule has 2 aromatic rings. The van der Waals surface area contributed by atoms with Crippen LogP contribution >= 0.6 is 11.6 Å². The van der Waals surface area contributed by atoms with Gasteiger partial charge in [-0.2, -0.15) is 0 Å².